The minimum Gasteiger partial charge on any atom is -0.481 e. The second-order valence-corrected chi connectivity index (χ2v) is 8.42. The van der Waals surface area contributed by atoms with Crippen molar-refractivity contribution >= 4 is 27.3 Å². The summed E-state index contributed by atoms with van der Waals surface area (Å²) in [4.78, 5) is 11.6. The molecule has 1 aliphatic heterocycles. The molecule has 9 heteroatoms. The third kappa shape index (κ3) is 2.34. The predicted octanol–water partition coefficient (Wildman–Crippen LogP) is 1.73. The van der Waals surface area contributed by atoms with Crippen LogP contribution in [0.25, 0.3) is 10.4 Å². The zero-order valence-electron chi connectivity index (χ0n) is 11.9. The molecule has 0 spiro atoms. The molecule has 0 bridgehead atoms. The van der Waals surface area contributed by atoms with Crippen molar-refractivity contribution in [2.45, 2.75) is 18.1 Å². The van der Waals surface area contributed by atoms with Crippen LogP contribution in [0.3, 0.4) is 0 Å². The van der Waals surface area contributed by atoms with Gasteiger partial charge in [0.1, 0.15) is 9.97 Å². The number of hydrogen-bond acceptors (Lipinski definition) is 6. The van der Waals surface area contributed by atoms with E-state index in [0.29, 0.717) is 11.5 Å². The Labute approximate surface area is 131 Å². The molecule has 118 valence electrons. The molecule has 22 heavy (non-hydrogen) atoms. The summed E-state index contributed by atoms with van der Waals surface area (Å²) in [5, 5.41) is 12.7. The van der Waals surface area contributed by atoms with E-state index < -0.39 is 21.9 Å². The monoisotopic (exact) mass is 342 g/mol. The summed E-state index contributed by atoms with van der Waals surface area (Å²) in [5.74, 6) is -0.941. The highest BCUT2D eigenvalue weighted by Gasteiger charge is 2.41. The average molecular weight is 342 g/mol. The summed E-state index contributed by atoms with van der Waals surface area (Å²) in [5.41, 5.74) is 1.51. The summed E-state index contributed by atoms with van der Waals surface area (Å²) >= 11 is 1.14. The quantitative estimate of drug-likeness (QED) is 0.908. The minimum absolute atomic E-state index is 0.0240. The van der Waals surface area contributed by atoms with Crippen molar-refractivity contribution in [2.75, 3.05) is 13.1 Å². The number of aromatic nitrogens is 1. The zero-order chi connectivity index (χ0) is 16.1. The fraction of sp³-hybridized carbons (Fsp3) is 0.385. The highest BCUT2D eigenvalue weighted by atomic mass is 32.2. The van der Waals surface area contributed by atoms with Crippen LogP contribution in [0.5, 0.6) is 0 Å². The fourth-order valence-electron chi connectivity index (χ4n) is 2.35. The van der Waals surface area contributed by atoms with Crippen LogP contribution in [0, 0.1) is 19.8 Å². The van der Waals surface area contributed by atoms with Crippen molar-refractivity contribution in [3.05, 3.63) is 23.6 Å². The lowest BCUT2D eigenvalue weighted by atomic mass is 10.0. The Bertz CT molecular complexity index is 811. The van der Waals surface area contributed by atoms with Gasteiger partial charge in [0.05, 0.1) is 17.2 Å². The summed E-state index contributed by atoms with van der Waals surface area (Å²) in [6.07, 6.45) is 0. The van der Waals surface area contributed by atoms with Crippen molar-refractivity contribution in [3.63, 3.8) is 0 Å². The van der Waals surface area contributed by atoms with E-state index in [1.54, 1.807) is 19.9 Å². The topological polar surface area (TPSA) is 101 Å². The molecule has 0 saturated carbocycles. The largest absolute Gasteiger partial charge is 0.481 e. The molecule has 3 rings (SSSR count). The Morgan fingerprint density at radius 3 is 2.64 bits per heavy atom. The zero-order valence-corrected chi connectivity index (χ0v) is 13.6. The van der Waals surface area contributed by atoms with E-state index in [-0.39, 0.29) is 17.3 Å². The van der Waals surface area contributed by atoms with Gasteiger partial charge in [-0.2, -0.15) is 4.31 Å². The van der Waals surface area contributed by atoms with Crippen LogP contribution in [0.4, 0.5) is 0 Å². The third-order valence-electron chi connectivity index (χ3n) is 3.65. The molecule has 0 aromatic carbocycles. The van der Waals surface area contributed by atoms with Crippen molar-refractivity contribution < 1.29 is 22.8 Å². The standard InChI is InChI=1S/C13H14N2O5S2/c1-7-12(8(2)20-14-7)10-3-4-11(21-10)22(18,19)15-5-9(6-15)13(16)17/h3-4,9H,5-6H2,1-2H3,(H,16,17). The first-order valence-corrected chi connectivity index (χ1v) is 8.82. The fourth-order valence-corrected chi connectivity index (χ4v) is 5.48. The van der Waals surface area contributed by atoms with Gasteiger partial charge in [-0.15, -0.1) is 11.3 Å². The predicted molar refractivity (Wildman–Crippen MR) is 79.2 cm³/mol. The first-order valence-electron chi connectivity index (χ1n) is 6.56. The van der Waals surface area contributed by atoms with Gasteiger partial charge >= 0.3 is 5.97 Å². The molecule has 1 saturated heterocycles. The van der Waals surface area contributed by atoms with Crippen LogP contribution in [-0.4, -0.2) is 42.0 Å². The maximum absolute atomic E-state index is 12.4. The summed E-state index contributed by atoms with van der Waals surface area (Å²) in [6, 6.07) is 3.26. The van der Waals surface area contributed by atoms with E-state index in [2.05, 4.69) is 5.16 Å². The number of aryl methyl sites for hydroxylation is 2. The number of carboxylic acid groups (broad SMARTS) is 1. The molecule has 7 nitrogen and oxygen atoms in total. The molecule has 1 aliphatic rings. The average Bonchev–Trinajstić information content (AvgIpc) is 2.94. The number of carbonyl (C=O) groups is 1. The lowest BCUT2D eigenvalue weighted by Crippen LogP contribution is -2.52. The van der Waals surface area contributed by atoms with Gasteiger partial charge < -0.3 is 9.63 Å². The van der Waals surface area contributed by atoms with Crippen molar-refractivity contribution in [1.82, 2.24) is 9.46 Å². The van der Waals surface area contributed by atoms with Crippen LogP contribution in [0.1, 0.15) is 11.5 Å². The molecule has 0 amide bonds. The number of rotatable bonds is 4. The molecule has 0 radical (unpaired) electrons. The van der Waals surface area contributed by atoms with Crippen LogP contribution in [0.15, 0.2) is 20.9 Å². The van der Waals surface area contributed by atoms with Crippen molar-refractivity contribution in [3.8, 4) is 10.4 Å². The number of hydrogen-bond donors (Lipinski definition) is 1. The molecule has 0 atom stereocenters. The molecular weight excluding hydrogens is 328 g/mol. The van der Waals surface area contributed by atoms with E-state index in [4.69, 9.17) is 9.63 Å². The van der Waals surface area contributed by atoms with Gasteiger partial charge in [0.25, 0.3) is 10.0 Å². The second-order valence-electron chi connectivity index (χ2n) is 5.18. The van der Waals surface area contributed by atoms with E-state index in [1.807, 2.05) is 0 Å². The summed E-state index contributed by atoms with van der Waals surface area (Å²) in [6.45, 7) is 3.62. The normalized spacial score (nSPS) is 16.6. The van der Waals surface area contributed by atoms with E-state index >= 15 is 0 Å². The Morgan fingerprint density at radius 2 is 2.09 bits per heavy atom. The Balaban J connectivity index is 1.87. The molecule has 1 fully saturated rings. The van der Waals surface area contributed by atoms with Gasteiger partial charge in [0.15, 0.2) is 0 Å². The Hall–Kier alpha value is -1.71. The van der Waals surface area contributed by atoms with Crippen LogP contribution in [0.2, 0.25) is 0 Å². The van der Waals surface area contributed by atoms with Gasteiger partial charge in [-0.25, -0.2) is 8.42 Å². The van der Waals surface area contributed by atoms with Gasteiger partial charge in [0.2, 0.25) is 0 Å². The van der Waals surface area contributed by atoms with E-state index in [1.165, 1.54) is 10.4 Å². The molecule has 1 N–H and O–H groups in total. The lowest BCUT2D eigenvalue weighted by molar-refractivity contribution is -0.145. The highest BCUT2D eigenvalue weighted by Crippen LogP contribution is 2.37. The number of sulfonamides is 1. The van der Waals surface area contributed by atoms with E-state index in [0.717, 1.165) is 21.8 Å². The molecule has 0 aliphatic carbocycles. The maximum Gasteiger partial charge on any atom is 0.309 e. The van der Waals surface area contributed by atoms with Crippen LogP contribution < -0.4 is 0 Å². The Morgan fingerprint density at radius 1 is 1.41 bits per heavy atom. The van der Waals surface area contributed by atoms with Gasteiger partial charge in [0, 0.05) is 18.0 Å². The molecular formula is C13H14N2O5S2. The highest BCUT2D eigenvalue weighted by molar-refractivity contribution is 7.91. The maximum atomic E-state index is 12.4. The number of aliphatic carboxylic acids is 1. The second kappa shape index (κ2) is 5.18. The first-order chi connectivity index (χ1) is 10.3. The van der Waals surface area contributed by atoms with Crippen molar-refractivity contribution in [1.29, 1.82) is 0 Å². The van der Waals surface area contributed by atoms with Gasteiger partial charge in [-0.1, -0.05) is 5.16 Å². The third-order valence-corrected chi connectivity index (χ3v) is 7.05. The molecule has 3 heterocycles. The van der Waals surface area contributed by atoms with Crippen LogP contribution >= 0.6 is 11.3 Å². The number of nitrogens with zero attached hydrogens (tertiary/aromatic N) is 2. The Kier molecular flexibility index (Phi) is 3.58. The van der Waals surface area contributed by atoms with Crippen LogP contribution in [-0.2, 0) is 14.8 Å². The number of thiophene rings is 1. The number of carboxylic acids is 1. The molecule has 2 aromatic heterocycles. The summed E-state index contributed by atoms with van der Waals surface area (Å²) < 4.78 is 31.4. The molecule has 0 unspecified atom stereocenters. The summed E-state index contributed by atoms with van der Waals surface area (Å²) in [7, 11) is -3.63. The van der Waals surface area contributed by atoms with Gasteiger partial charge in [-0.3, -0.25) is 4.79 Å². The van der Waals surface area contributed by atoms with E-state index in [9.17, 15) is 13.2 Å². The minimum atomic E-state index is -3.63. The molecule has 2 aromatic rings. The first kappa shape index (κ1) is 15.2. The van der Waals surface area contributed by atoms with Crippen molar-refractivity contribution in [2.24, 2.45) is 5.92 Å². The SMILES string of the molecule is Cc1noc(C)c1-c1ccc(S(=O)(=O)N2CC(C(=O)O)C2)s1. The van der Waals surface area contributed by atoms with Gasteiger partial charge in [-0.05, 0) is 26.0 Å². The smallest absolute Gasteiger partial charge is 0.309 e. The lowest BCUT2D eigenvalue weighted by Gasteiger charge is -2.34.